The third kappa shape index (κ3) is 7.41. The van der Waals surface area contributed by atoms with Crippen LogP contribution in [-0.4, -0.2) is 68.4 Å². The maximum absolute atomic E-state index is 13.5. The first-order chi connectivity index (χ1) is 18.9. The normalized spacial score (nSPS) is 13.9. The van der Waals surface area contributed by atoms with Crippen molar-refractivity contribution in [2.75, 3.05) is 46.9 Å². The molecule has 206 valence electrons. The van der Waals surface area contributed by atoms with Gasteiger partial charge in [0.1, 0.15) is 17.4 Å². The van der Waals surface area contributed by atoms with Gasteiger partial charge in [0.15, 0.2) is 11.5 Å². The number of benzene rings is 3. The number of ether oxygens (including phenoxy) is 2. The smallest absolute Gasteiger partial charge is 0.254 e. The summed E-state index contributed by atoms with van der Waals surface area (Å²) in [6.45, 7) is 2.67. The lowest BCUT2D eigenvalue weighted by Crippen LogP contribution is -2.49. The molecular weight excluding hydrogens is 502 g/mol. The first-order valence-corrected chi connectivity index (χ1v) is 13.1. The Morgan fingerprint density at radius 1 is 0.795 bits per heavy atom. The summed E-state index contributed by atoms with van der Waals surface area (Å²) in [6.07, 6.45) is 1.77. The summed E-state index contributed by atoms with van der Waals surface area (Å²) < 4.78 is 37.5. The number of carbonyl (C=O) groups is 2. The summed E-state index contributed by atoms with van der Waals surface area (Å²) in [7, 11) is 3.09. The fourth-order valence-electron chi connectivity index (χ4n) is 5.01. The van der Waals surface area contributed by atoms with Crippen LogP contribution in [0.3, 0.4) is 0 Å². The molecular formula is C31H34F2N2O4. The molecule has 0 N–H and O–H groups in total. The Balaban J connectivity index is 1.26. The molecule has 0 saturated carbocycles. The van der Waals surface area contributed by atoms with E-state index in [1.54, 1.807) is 54.5 Å². The van der Waals surface area contributed by atoms with Gasteiger partial charge in [-0.05, 0) is 66.4 Å². The van der Waals surface area contributed by atoms with E-state index < -0.39 is 0 Å². The molecule has 0 aromatic heterocycles. The molecule has 6 nitrogen and oxygen atoms in total. The van der Waals surface area contributed by atoms with Gasteiger partial charge in [0, 0.05) is 44.1 Å². The van der Waals surface area contributed by atoms with E-state index in [1.807, 2.05) is 0 Å². The third-order valence-corrected chi connectivity index (χ3v) is 7.18. The van der Waals surface area contributed by atoms with Gasteiger partial charge in [-0.25, -0.2) is 8.78 Å². The molecule has 1 heterocycles. The summed E-state index contributed by atoms with van der Waals surface area (Å²) >= 11 is 0. The molecule has 1 fully saturated rings. The Bertz CT molecular complexity index is 1210. The Morgan fingerprint density at radius 2 is 1.36 bits per heavy atom. The molecule has 3 aromatic rings. The van der Waals surface area contributed by atoms with Crippen molar-refractivity contribution in [2.45, 2.75) is 25.2 Å². The van der Waals surface area contributed by atoms with Gasteiger partial charge in [0.25, 0.3) is 5.91 Å². The number of hydrogen-bond acceptors (Lipinski definition) is 5. The Hall–Kier alpha value is -3.78. The molecule has 8 heteroatoms. The van der Waals surface area contributed by atoms with Crippen molar-refractivity contribution >= 4 is 11.7 Å². The topological polar surface area (TPSA) is 59.1 Å². The van der Waals surface area contributed by atoms with Crippen molar-refractivity contribution < 1.29 is 27.8 Å². The van der Waals surface area contributed by atoms with Crippen molar-refractivity contribution in [1.29, 1.82) is 0 Å². The quantitative estimate of drug-likeness (QED) is 0.332. The van der Waals surface area contributed by atoms with Gasteiger partial charge in [-0.3, -0.25) is 14.5 Å². The Morgan fingerprint density at radius 3 is 1.90 bits per heavy atom. The number of amides is 1. The SMILES string of the molecule is COc1ccc(C(=O)N2CCN(CC(=O)CCCC(c3ccc(F)cc3)c3ccc(F)cc3)CC2)cc1OC. The highest BCUT2D eigenvalue weighted by molar-refractivity contribution is 5.95. The van der Waals surface area contributed by atoms with E-state index in [2.05, 4.69) is 4.90 Å². The molecule has 0 radical (unpaired) electrons. The van der Waals surface area contributed by atoms with Crippen molar-refractivity contribution in [1.82, 2.24) is 9.80 Å². The van der Waals surface area contributed by atoms with Crippen LogP contribution >= 0.6 is 0 Å². The number of Topliss-reactive ketones (excluding diaryl/α,β-unsaturated/α-hetero) is 1. The van der Waals surface area contributed by atoms with Crippen molar-refractivity contribution in [3.63, 3.8) is 0 Å². The van der Waals surface area contributed by atoms with E-state index in [0.717, 1.165) is 11.1 Å². The van der Waals surface area contributed by atoms with Gasteiger partial charge in [-0.1, -0.05) is 24.3 Å². The summed E-state index contributed by atoms with van der Waals surface area (Å²) in [6, 6.07) is 17.8. The largest absolute Gasteiger partial charge is 0.493 e. The number of hydrogen-bond donors (Lipinski definition) is 0. The molecule has 39 heavy (non-hydrogen) atoms. The zero-order valence-corrected chi connectivity index (χ0v) is 22.4. The van der Waals surface area contributed by atoms with Crippen LogP contribution in [0.25, 0.3) is 0 Å². The van der Waals surface area contributed by atoms with Gasteiger partial charge in [0.2, 0.25) is 0 Å². The highest BCUT2D eigenvalue weighted by Crippen LogP contribution is 2.31. The zero-order valence-electron chi connectivity index (χ0n) is 22.4. The van der Waals surface area contributed by atoms with Gasteiger partial charge in [0.05, 0.1) is 20.8 Å². The highest BCUT2D eigenvalue weighted by atomic mass is 19.1. The molecule has 0 spiro atoms. The molecule has 3 aromatic carbocycles. The van der Waals surface area contributed by atoms with Gasteiger partial charge >= 0.3 is 0 Å². The van der Waals surface area contributed by atoms with Crippen LogP contribution in [0.15, 0.2) is 66.7 Å². The number of carbonyl (C=O) groups excluding carboxylic acids is 2. The minimum atomic E-state index is -0.308. The summed E-state index contributed by atoms with van der Waals surface area (Å²) in [4.78, 5) is 29.6. The van der Waals surface area contributed by atoms with E-state index in [-0.39, 0.29) is 29.2 Å². The molecule has 0 unspecified atom stereocenters. The number of methoxy groups -OCH3 is 2. The van der Waals surface area contributed by atoms with Crippen LogP contribution < -0.4 is 9.47 Å². The van der Waals surface area contributed by atoms with Crippen molar-refractivity contribution in [3.8, 4) is 11.5 Å². The summed E-state index contributed by atoms with van der Waals surface area (Å²) in [5, 5.41) is 0. The molecule has 1 aliphatic rings. The van der Waals surface area contributed by atoms with E-state index in [1.165, 1.54) is 31.4 Å². The zero-order chi connectivity index (χ0) is 27.8. The molecule has 1 amide bonds. The number of piperazine rings is 1. The second kappa shape index (κ2) is 13.3. The lowest BCUT2D eigenvalue weighted by atomic mass is 9.86. The van der Waals surface area contributed by atoms with E-state index in [9.17, 15) is 18.4 Å². The monoisotopic (exact) mass is 536 g/mol. The molecule has 4 rings (SSSR count). The second-order valence-corrected chi connectivity index (χ2v) is 9.72. The van der Waals surface area contributed by atoms with Gasteiger partial charge in [-0.15, -0.1) is 0 Å². The minimum absolute atomic E-state index is 0.0508. The second-order valence-electron chi connectivity index (χ2n) is 9.72. The fraction of sp³-hybridized carbons (Fsp3) is 0.355. The average molecular weight is 537 g/mol. The van der Waals surface area contributed by atoms with Crippen LogP contribution in [0, 0.1) is 11.6 Å². The van der Waals surface area contributed by atoms with Crippen LogP contribution in [-0.2, 0) is 4.79 Å². The minimum Gasteiger partial charge on any atom is -0.493 e. The predicted molar refractivity (Wildman–Crippen MR) is 145 cm³/mol. The maximum Gasteiger partial charge on any atom is 0.254 e. The molecule has 0 aliphatic carbocycles. The van der Waals surface area contributed by atoms with Crippen LogP contribution in [0.2, 0.25) is 0 Å². The van der Waals surface area contributed by atoms with Gasteiger partial charge in [-0.2, -0.15) is 0 Å². The van der Waals surface area contributed by atoms with Crippen LogP contribution in [0.5, 0.6) is 11.5 Å². The van der Waals surface area contributed by atoms with Crippen molar-refractivity contribution in [3.05, 3.63) is 95.1 Å². The molecule has 1 aliphatic heterocycles. The molecule has 1 saturated heterocycles. The van der Waals surface area contributed by atoms with E-state index in [4.69, 9.17) is 9.47 Å². The highest BCUT2D eigenvalue weighted by Gasteiger charge is 2.24. The molecule has 0 atom stereocenters. The average Bonchev–Trinajstić information content (AvgIpc) is 2.96. The number of rotatable bonds is 11. The third-order valence-electron chi connectivity index (χ3n) is 7.18. The first kappa shape index (κ1) is 28.2. The maximum atomic E-state index is 13.5. The van der Waals surface area contributed by atoms with E-state index >= 15 is 0 Å². The standard InChI is InChI=1S/C31H34F2N2O4/c1-38-29-15-10-24(20-30(29)39-2)31(37)35-18-16-34(17-19-35)21-27(36)4-3-5-28(22-6-11-25(32)12-7-22)23-8-13-26(33)14-9-23/h6-15,20,28H,3-5,16-19,21H2,1-2H3. The van der Waals surface area contributed by atoms with Crippen LogP contribution in [0.1, 0.15) is 46.7 Å². The number of ketones is 1. The van der Waals surface area contributed by atoms with Crippen LogP contribution in [0.4, 0.5) is 8.78 Å². The van der Waals surface area contributed by atoms with Crippen molar-refractivity contribution in [2.24, 2.45) is 0 Å². The van der Waals surface area contributed by atoms with E-state index in [0.29, 0.717) is 69.0 Å². The Kier molecular flexibility index (Phi) is 9.65. The number of nitrogens with zero attached hydrogens (tertiary/aromatic N) is 2. The number of halogens is 2. The Labute approximate surface area is 228 Å². The lowest BCUT2D eigenvalue weighted by molar-refractivity contribution is -0.120. The summed E-state index contributed by atoms with van der Waals surface area (Å²) in [5.41, 5.74) is 2.41. The molecule has 0 bridgehead atoms. The first-order valence-electron chi connectivity index (χ1n) is 13.1. The lowest BCUT2D eigenvalue weighted by Gasteiger charge is -2.34. The van der Waals surface area contributed by atoms with Gasteiger partial charge < -0.3 is 14.4 Å². The summed E-state index contributed by atoms with van der Waals surface area (Å²) in [5.74, 6) is 0.480. The fourth-order valence-corrected chi connectivity index (χ4v) is 5.01. The predicted octanol–water partition coefficient (Wildman–Crippen LogP) is 5.31.